The number of aromatic nitrogens is 1. The Morgan fingerprint density at radius 1 is 1.00 bits per heavy atom. The van der Waals surface area contributed by atoms with Crippen LogP contribution < -0.4 is 4.57 Å². The molecule has 1 saturated heterocycles. The summed E-state index contributed by atoms with van der Waals surface area (Å²) in [5, 5.41) is 8.57. The molecule has 1 aliphatic heterocycles. The Balaban J connectivity index is 1.97. The Morgan fingerprint density at radius 2 is 1.70 bits per heavy atom. The van der Waals surface area contributed by atoms with Crippen LogP contribution in [0.25, 0.3) is 10.9 Å². The van der Waals surface area contributed by atoms with Gasteiger partial charge in [-0.05, 0) is 35.7 Å². The zero-order valence-electron chi connectivity index (χ0n) is 14.1. The van der Waals surface area contributed by atoms with E-state index in [-0.39, 0.29) is 5.57 Å². The Hall–Kier alpha value is -3.08. The summed E-state index contributed by atoms with van der Waals surface area (Å²) in [4.78, 5) is 25.0. The number of cyclic esters (lactones) is 2. The lowest BCUT2D eigenvalue weighted by Gasteiger charge is -2.26. The van der Waals surface area contributed by atoms with Crippen molar-refractivity contribution in [3.8, 4) is 0 Å². The number of esters is 2. The van der Waals surface area contributed by atoms with Gasteiger partial charge in [0, 0.05) is 22.0 Å². The zero-order valence-corrected chi connectivity index (χ0v) is 15.6. The van der Waals surface area contributed by atoms with E-state index in [1.807, 2.05) is 60.7 Å². The summed E-state index contributed by atoms with van der Waals surface area (Å²) in [6.45, 7) is 0. The first-order valence-electron chi connectivity index (χ1n) is 8.30. The summed E-state index contributed by atoms with van der Waals surface area (Å²) in [5.41, 5.74) is 1.61. The maximum absolute atomic E-state index is 12.8. The third-order valence-corrected chi connectivity index (χ3v) is 5.21. The van der Waals surface area contributed by atoms with Gasteiger partial charge in [-0.1, -0.05) is 40.2 Å². The number of ether oxygens (including phenoxy) is 1. The summed E-state index contributed by atoms with van der Waals surface area (Å²) in [6, 6.07) is 18.0. The zero-order chi connectivity index (χ0) is 19.0. The molecule has 2 unspecified atom stereocenters. The van der Waals surface area contributed by atoms with Crippen LogP contribution in [-0.2, 0) is 14.3 Å². The van der Waals surface area contributed by atoms with Gasteiger partial charge in [0.1, 0.15) is 5.57 Å². The highest BCUT2D eigenvalue weighted by Gasteiger charge is 2.50. The minimum atomic E-state index is -0.819. The molecule has 2 atom stereocenters. The van der Waals surface area contributed by atoms with E-state index in [4.69, 9.17) is 10.1 Å². The van der Waals surface area contributed by atoms with Gasteiger partial charge in [-0.3, -0.25) is 5.41 Å². The maximum Gasteiger partial charge on any atom is 0.384 e. The van der Waals surface area contributed by atoms with Crippen molar-refractivity contribution >= 4 is 44.6 Å². The number of nitrogens with one attached hydrogen (secondary N) is 1. The predicted molar refractivity (Wildman–Crippen MR) is 102 cm³/mol. The van der Waals surface area contributed by atoms with Crippen LogP contribution in [0.5, 0.6) is 0 Å². The lowest BCUT2D eigenvalue weighted by molar-refractivity contribution is -0.688. The van der Waals surface area contributed by atoms with E-state index in [0.29, 0.717) is 0 Å². The number of rotatable bonds is 2. The van der Waals surface area contributed by atoms with Gasteiger partial charge in [0.05, 0.1) is 5.92 Å². The molecule has 3 aromatic rings. The number of halogens is 1. The smallest absolute Gasteiger partial charge is 0.384 e. The number of carbonyl (C=O) groups is 2. The minimum Gasteiger partial charge on any atom is -0.384 e. The second kappa shape index (κ2) is 6.91. The monoisotopic (exact) mass is 421 g/mol. The third kappa shape index (κ3) is 2.99. The number of hydrogen-bond acceptors (Lipinski definition) is 4. The predicted octanol–water partition coefficient (Wildman–Crippen LogP) is 3.47. The number of benzene rings is 2. The standard InChI is InChI=1S/C21H14BrN2O3/c22-15-9-7-14(8-10-15)18-16(12-23)20(25)27-21(26)19(18)24-11-3-5-13-4-1-2-6-17(13)24/h1-11,18-19,23H/q+1. The van der Waals surface area contributed by atoms with Crippen molar-refractivity contribution in [2.75, 3.05) is 0 Å². The van der Waals surface area contributed by atoms with E-state index in [1.165, 1.54) is 0 Å². The fourth-order valence-corrected chi connectivity index (χ4v) is 3.74. The number of fused-ring (bicyclic) bond motifs is 1. The molecule has 132 valence electrons. The summed E-state index contributed by atoms with van der Waals surface area (Å²) in [6.07, 6.45) is 1.79. The molecule has 0 aliphatic carbocycles. The van der Waals surface area contributed by atoms with Crippen molar-refractivity contribution in [2.24, 2.45) is 0 Å². The van der Waals surface area contributed by atoms with Gasteiger partial charge in [-0.15, -0.1) is 0 Å². The number of para-hydroxylation sites is 1. The molecular formula is C21H14BrN2O3+. The lowest BCUT2D eigenvalue weighted by atomic mass is 9.83. The third-order valence-electron chi connectivity index (χ3n) is 4.68. The number of nitrogens with zero attached hydrogens (tertiary/aromatic N) is 1. The molecule has 27 heavy (non-hydrogen) atoms. The van der Waals surface area contributed by atoms with Crippen LogP contribution >= 0.6 is 15.9 Å². The Kier molecular flexibility index (Phi) is 4.44. The fraction of sp³-hybridized carbons (Fsp3) is 0.0952. The molecule has 1 fully saturated rings. The van der Waals surface area contributed by atoms with Gasteiger partial charge in [-0.2, -0.15) is 4.57 Å². The molecule has 6 heteroatoms. The topological polar surface area (TPSA) is 71.1 Å². The van der Waals surface area contributed by atoms with Crippen molar-refractivity contribution in [3.05, 3.63) is 82.5 Å². The summed E-state index contributed by atoms with van der Waals surface area (Å²) >= 11 is 3.39. The highest BCUT2D eigenvalue weighted by molar-refractivity contribution is 9.10. The first-order valence-corrected chi connectivity index (χ1v) is 9.09. The summed E-state index contributed by atoms with van der Waals surface area (Å²) < 4.78 is 7.63. The average molecular weight is 422 g/mol. The first-order chi connectivity index (χ1) is 13.1. The summed E-state index contributed by atoms with van der Waals surface area (Å²) in [7, 11) is 0. The van der Waals surface area contributed by atoms with E-state index in [1.54, 1.807) is 10.8 Å². The van der Waals surface area contributed by atoms with Crippen molar-refractivity contribution in [2.45, 2.75) is 12.0 Å². The van der Waals surface area contributed by atoms with Crippen molar-refractivity contribution in [1.82, 2.24) is 0 Å². The second-order valence-electron chi connectivity index (χ2n) is 6.20. The Morgan fingerprint density at radius 3 is 2.44 bits per heavy atom. The van der Waals surface area contributed by atoms with Crippen LogP contribution in [0.1, 0.15) is 17.5 Å². The molecule has 5 nitrogen and oxygen atoms in total. The van der Waals surface area contributed by atoms with E-state index < -0.39 is 23.9 Å². The van der Waals surface area contributed by atoms with Gasteiger partial charge in [0.25, 0.3) is 6.04 Å². The number of carbonyl (C=O) groups excluding carboxylic acids is 2. The van der Waals surface area contributed by atoms with E-state index in [9.17, 15) is 9.59 Å². The minimum absolute atomic E-state index is 0.0300. The fourth-order valence-electron chi connectivity index (χ4n) is 3.48. The molecule has 1 aliphatic rings. The van der Waals surface area contributed by atoms with Gasteiger partial charge in [-0.25, -0.2) is 9.59 Å². The van der Waals surface area contributed by atoms with Gasteiger partial charge < -0.3 is 4.74 Å². The normalized spacial score (nSPS) is 19.7. The van der Waals surface area contributed by atoms with Crippen LogP contribution in [0.2, 0.25) is 0 Å². The second-order valence-corrected chi connectivity index (χ2v) is 7.11. The van der Waals surface area contributed by atoms with E-state index in [2.05, 4.69) is 21.8 Å². The van der Waals surface area contributed by atoms with Crippen LogP contribution in [0.15, 0.2) is 76.9 Å². The molecule has 0 spiro atoms. The van der Waals surface area contributed by atoms with Gasteiger partial charge in [0.15, 0.2) is 6.20 Å². The van der Waals surface area contributed by atoms with E-state index in [0.717, 1.165) is 20.9 Å². The molecule has 0 bridgehead atoms. The van der Waals surface area contributed by atoms with Crippen LogP contribution in [0.3, 0.4) is 0 Å². The molecule has 2 aromatic carbocycles. The Labute approximate surface area is 163 Å². The van der Waals surface area contributed by atoms with Crippen LogP contribution in [0.4, 0.5) is 0 Å². The highest BCUT2D eigenvalue weighted by Crippen LogP contribution is 2.37. The first kappa shape index (κ1) is 17.3. The molecule has 0 radical (unpaired) electrons. The SMILES string of the molecule is N=C=C1C(=O)OC(=O)C([n+]2cccc3ccccc32)C1c1ccc(Br)cc1. The van der Waals surface area contributed by atoms with Crippen molar-refractivity contribution in [3.63, 3.8) is 0 Å². The van der Waals surface area contributed by atoms with Gasteiger partial charge >= 0.3 is 11.9 Å². The number of hydrogen-bond donors (Lipinski definition) is 1. The molecule has 4 rings (SSSR count). The molecule has 0 saturated carbocycles. The maximum atomic E-state index is 12.8. The molecule has 0 amide bonds. The molecule has 1 aromatic heterocycles. The van der Waals surface area contributed by atoms with Crippen LogP contribution in [-0.4, -0.2) is 17.8 Å². The van der Waals surface area contributed by atoms with Gasteiger partial charge in [0.2, 0.25) is 5.52 Å². The molecule has 2 heterocycles. The average Bonchev–Trinajstić information content (AvgIpc) is 2.68. The Bertz CT molecular complexity index is 1110. The molecule has 1 N–H and O–H groups in total. The quantitative estimate of drug-likeness (QED) is 0.226. The lowest BCUT2D eigenvalue weighted by Crippen LogP contribution is -2.52. The highest BCUT2D eigenvalue weighted by atomic mass is 79.9. The van der Waals surface area contributed by atoms with Crippen LogP contribution in [0, 0.1) is 5.41 Å². The molecular weight excluding hydrogens is 408 g/mol. The summed E-state index contributed by atoms with van der Waals surface area (Å²) in [5.74, 6) is 0.0690. The van der Waals surface area contributed by atoms with E-state index >= 15 is 0 Å². The largest absolute Gasteiger partial charge is 0.384 e. The number of pyridine rings is 1. The van der Waals surface area contributed by atoms with Crippen molar-refractivity contribution in [1.29, 1.82) is 5.41 Å². The van der Waals surface area contributed by atoms with Crippen molar-refractivity contribution < 1.29 is 18.9 Å².